The number of likely N-dealkylation sites (N-methyl/N-ethyl adjacent to an activating group) is 1. The lowest BCUT2D eigenvalue weighted by molar-refractivity contribution is -0.128. The molecule has 0 unspecified atom stereocenters. The molecule has 1 rings (SSSR count). The van der Waals surface area contributed by atoms with E-state index in [1.54, 1.807) is 21.1 Å². The summed E-state index contributed by atoms with van der Waals surface area (Å²) in [5.74, 6) is 0.524. The molecule has 0 aliphatic heterocycles. The molecule has 0 spiro atoms. The van der Waals surface area contributed by atoms with Crippen molar-refractivity contribution >= 4 is 17.8 Å². The predicted octanol–water partition coefficient (Wildman–Crippen LogP) is 0.715. The highest BCUT2D eigenvalue weighted by atomic mass is 16.2. The van der Waals surface area contributed by atoms with Crippen molar-refractivity contribution in [2.75, 3.05) is 34.2 Å². The number of nitrogens with one attached hydrogen (secondary N) is 3. The maximum absolute atomic E-state index is 11.9. The molecular weight excluding hydrogens is 306 g/mol. The van der Waals surface area contributed by atoms with E-state index in [0.29, 0.717) is 18.5 Å². The van der Waals surface area contributed by atoms with Crippen LogP contribution in [0.2, 0.25) is 0 Å². The lowest BCUT2D eigenvalue weighted by atomic mass is 9.92. The Kier molecular flexibility index (Phi) is 8.01. The third-order valence-electron chi connectivity index (χ3n) is 4.36. The van der Waals surface area contributed by atoms with Gasteiger partial charge < -0.3 is 20.9 Å². The monoisotopic (exact) mass is 339 g/mol. The van der Waals surface area contributed by atoms with Crippen molar-refractivity contribution in [2.24, 2.45) is 10.4 Å². The lowest BCUT2D eigenvalue weighted by Crippen LogP contribution is -2.50. The van der Waals surface area contributed by atoms with Crippen molar-refractivity contribution in [3.63, 3.8) is 0 Å². The van der Waals surface area contributed by atoms with Crippen LogP contribution in [0.1, 0.15) is 46.0 Å². The molecule has 0 radical (unpaired) electrons. The summed E-state index contributed by atoms with van der Waals surface area (Å²) in [6.45, 7) is 4.29. The molecule has 3 N–H and O–H groups in total. The lowest BCUT2D eigenvalue weighted by Gasteiger charge is -2.28. The van der Waals surface area contributed by atoms with Gasteiger partial charge in [-0.15, -0.1) is 0 Å². The SMILES string of the molecule is CNC(=O)C(C)(C)CNC(=NCC(=O)N(C)C)NC1CCCCC1. The van der Waals surface area contributed by atoms with Crippen molar-refractivity contribution in [3.8, 4) is 0 Å². The van der Waals surface area contributed by atoms with Crippen LogP contribution in [0, 0.1) is 5.41 Å². The highest BCUT2D eigenvalue weighted by Crippen LogP contribution is 2.17. The van der Waals surface area contributed by atoms with Crippen LogP contribution in [0.4, 0.5) is 0 Å². The Hall–Kier alpha value is -1.79. The van der Waals surface area contributed by atoms with Gasteiger partial charge in [-0.05, 0) is 26.7 Å². The Morgan fingerprint density at radius 2 is 1.79 bits per heavy atom. The smallest absolute Gasteiger partial charge is 0.243 e. The maximum Gasteiger partial charge on any atom is 0.243 e. The standard InChI is InChI=1S/C17H33N5O2/c1-17(2,15(24)18-3)12-20-16(19-11-14(23)22(4)5)21-13-9-7-6-8-10-13/h13H,6-12H2,1-5H3,(H,18,24)(H2,19,20,21). The molecule has 0 bridgehead atoms. The molecule has 0 aromatic rings. The van der Waals surface area contributed by atoms with E-state index in [-0.39, 0.29) is 18.4 Å². The fraction of sp³-hybridized carbons (Fsp3) is 0.824. The third-order valence-corrected chi connectivity index (χ3v) is 4.36. The maximum atomic E-state index is 11.9. The fourth-order valence-electron chi connectivity index (χ4n) is 2.60. The number of rotatable bonds is 6. The van der Waals surface area contributed by atoms with Crippen LogP contribution in [-0.2, 0) is 9.59 Å². The molecule has 7 heteroatoms. The first kappa shape index (κ1) is 20.3. The largest absolute Gasteiger partial charge is 0.359 e. The molecule has 2 amide bonds. The molecule has 0 aromatic heterocycles. The van der Waals surface area contributed by atoms with E-state index in [0.717, 1.165) is 12.8 Å². The van der Waals surface area contributed by atoms with Gasteiger partial charge in [-0.25, -0.2) is 4.99 Å². The van der Waals surface area contributed by atoms with E-state index < -0.39 is 5.41 Å². The summed E-state index contributed by atoms with van der Waals surface area (Å²) in [5.41, 5.74) is -0.560. The topological polar surface area (TPSA) is 85.8 Å². The molecule has 138 valence electrons. The molecule has 0 saturated heterocycles. The quantitative estimate of drug-likeness (QED) is 0.491. The van der Waals surface area contributed by atoms with Crippen molar-refractivity contribution in [1.29, 1.82) is 0 Å². The first-order valence-corrected chi connectivity index (χ1v) is 8.73. The molecule has 0 atom stereocenters. The van der Waals surface area contributed by atoms with Crippen LogP contribution in [0.15, 0.2) is 4.99 Å². The van der Waals surface area contributed by atoms with E-state index in [1.165, 1.54) is 24.2 Å². The van der Waals surface area contributed by atoms with Crippen molar-refractivity contribution < 1.29 is 9.59 Å². The normalized spacial score (nSPS) is 16.5. The Balaban J connectivity index is 2.70. The van der Waals surface area contributed by atoms with Crippen LogP contribution in [0.25, 0.3) is 0 Å². The number of guanidine groups is 1. The Morgan fingerprint density at radius 3 is 2.33 bits per heavy atom. The first-order valence-electron chi connectivity index (χ1n) is 8.73. The summed E-state index contributed by atoms with van der Waals surface area (Å²) in [6.07, 6.45) is 5.93. The number of hydrogen-bond acceptors (Lipinski definition) is 3. The van der Waals surface area contributed by atoms with Crippen molar-refractivity contribution in [2.45, 2.75) is 52.0 Å². The van der Waals surface area contributed by atoms with E-state index in [2.05, 4.69) is 20.9 Å². The van der Waals surface area contributed by atoms with E-state index >= 15 is 0 Å². The number of amides is 2. The van der Waals surface area contributed by atoms with E-state index in [1.807, 2.05) is 13.8 Å². The molecule has 7 nitrogen and oxygen atoms in total. The molecular formula is C17H33N5O2. The number of aliphatic imine (C=N–C) groups is 1. The molecule has 1 aliphatic carbocycles. The first-order chi connectivity index (χ1) is 11.3. The summed E-state index contributed by atoms with van der Waals surface area (Å²) >= 11 is 0. The minimum atomic E-state index is -0.560. The average molecular weight is 339 g/mol. The molecule has 0 heterocycles. The Bertz CT molecular complexity index is 454. The highest BCUT2D eigenvalue weighted by Gasteiger charge is 2.27. The van der Waals surface area contributed by atoms with Crippen LogP contribution < -0.4 is 16.0 Å². The van der Waals surface area contributed by atoms with Crippen LogP contribution in [0.3, 0.4) is 0 Å². The molecule has 1 fully saturated rings. The van der Waals surface area contributed by atoms with Gasteiger partial charge in [0.05, 0.1) is 5.41 Å². The molecule has 0 aromatic carbocycles. The average Bonchev–Trinajstić information content (AvgIpc) is 2.56. The second kappa shape index (κ2) is 9.49. The highest BCUT2D eigenvalue weighted by molar-refractivity contribution is 5.86. The number of hydrogen-bond donors (Lipinski definition) is 3. The van der Waals surface area contributed by atoms with Crippen molar-refractivity contribution in [3.05, 3.63) is 0 Å². The summed E-state index contributed by atoms with van der Waals surface area (Å²) in [7, 11) is 5.07. The van der Waals surface area contributed by atoms with Gasteiger partial charge in [0.2, 0.25) is 11.8 Å². The predicted molar refractivity (Wildman–Crippen MR) is 96.9 cm³/mol. The fourth-order valence-corrected chi connectivity index (χ4v) is 2.60. The van der Waals surface area contributed by atoms with Gasteiger partial charge in [-0.3, -0.25) is 9.59 Å². The Morgan fingerprint density at radius 1 is 1.17 bits per heavy atom. The zero-order chi connectivity index (χ0) is 18.2. The second-order valence-electron chi connectivity index (χ2n) is 7.25. The summed E-state index contributed by atoms with van der Waals surface area (Å²) in [5, 5.41) is 9.32. The van der Waals surface area contributed by atoms with Crippen LogP contribution >= 0.6 is 0 Å². The van der Waals surface area contributed by atoms with Crippen molar-refractivity contribution in [1.82, 2.24) is 20.9 Å². The summed E-state index contributed by atoms with van der Waals surface area (Å²) in [4.78, 5) is 29.6. The Labute approximate surface area is 145 Å². The summed E-state index contributed by atoms with van der Waals surface area (Å²) < 4.78 is 0. The van der Waals surface area contributed by atoms with Gasteiger partial charge in [-0.2, -0.15) is 0 Å². The summed E-state index contributed by atoms with van der Waals surface area (Å²) in [6, 6.07) is 0.377. The van der Waals surface area contributed by atoms with Gasteiger partial charge in [0.1, 0.15) is 6.54 Å². The molecule has 1 aliphatic rings. The van der Waals surface area contributed by atoms with E-state index in [9.17, 15) is 9.59 Å². The van der Waals surface area contributed by atoms with Gasteiger partial charge >= 0.3 is 0 Å². The zero-order valence-electron chi connectivity index (χ0n) is 15.7. The zero-order valence-corrected chi connectivity index (χ0v) is 15.7. The second-order valence-corrected chi connectivity index (χ2v) is 7.25. The minimum Gasteiger partial charge on any atom is -0.359 e. The van der Waals surface area contributed by atoms with Gasteiger partial charge in [0, 0.05) is 33.7 Å². The van der Waals surface area contributed by atoms with Gasteiger partial charge in [-0.1, -0.05) is 19.3 Å². The van der Waals surface area contributed by atoms with Crippen LogP contribution in [0.5, 0.6) is 0 Å². The third kappa shape index (κ3) is 6.76. The number of carbonyl (C=O) groups is 2. The molecule has 24 heavy (non-hydrogen) atoms. The minimum absolute atomic E-state index is 0.0311. The van der Waals surface area contributed by atoms with E-state index in [4.69, 9.17) is 0 Å². The van der Waals surface area contributed by atoms with Gasteiger partial charge in [0.15, 0.2) is 5.96 Å². The van der Waals surface area contributed by atoms with Crippen LogP contribution in [-0.4, -0.2) is 62.9 Å². The molecule has 1 saturated carbocycles. The number of carbonyl (C=O) groups excluding carboxylic acids is 2. The van der Waals surface area contributed by atoms with Gasteiger partial charge in [0.25, 0.3) is 0 Å². The number of nitrogens with zero attached hydrogens (tertiary/aromatic N) is 2.